The minimum atomic E-state index is -3.83. The number of sulfonamides is 1. The van der Waals surface area contributed by atoms with Crippen molar-refractivity contribution in [1.29, 1.82) is 0 Å². The van der Waals surface area contributed by atoms with Gasteiger partial charge in [0.05, 0.1) is 17.3 Å². The van der Waals surface area contributed by atoms with Crippen LogP contribution in [0.4, 0.5) is 5.69 Å². The van der Waals surface area contributed by atoms with Crippen LogP contribution in [0.3, 0.4) is 0 Å². The number of hydrogen-bond donors (Lipinski definition) is 0. The molecule has 0 saturated carbocycles. The first-order valence-electron chi connectivity index (χ1n) is 8.00. The van der Waals surface area contributed by atoms with Gasteiger partial charge in [-0.05, 0) is 37.5 Å². The molecule has 8 heteroatoms. The first-order valence-corrected chi connectivity index (χ1v) is 9.81. The standard InChI is InChI=1S/C17H19ClN2O4S/c1-3-24-17(21)15-10-13(11-19(15)2)25(22,23)20-9-5-7-12-6-4-8-14(18)16(12)20/h4,6,8,10-11H,3,5,7,9H2,1-2H3. The zero-order valence-electron chi connectivity index (χ0n) is 14.0. The highest BCUT2D eigenvalue weighted by molar-refractivity contribution is 7.92. The van der Waals surface area contributed by atoms with E-state index in [1.54, 1.807) is 20.0 Å². The van der Waals surface area contributed by atoms with E-state index >= 15 is 0 Å². The fraction of sp³-hybridized carbons (Fsp3) is 0.353. The lowest BCUT2D eigenvalue weighted by molar-refractivity contribution is 0.0515. The second kappa shape index (κ2) is 6.72. The second-order valence-corrected chi connectivity index (χ2v) is 8.09. The minimum Gasteiger partial charge on any atom is -0.461 e. The monoisotopic (exact) mass is 382 g/mol. The fourth-order valence-corrected chi connectivity index (χ4v) is 4.99. The largest absolute Gasteiger partial charge is 0.461 e. The number of hydrogen-bond acceptors (Lipinski definition) is 4. The van der Waals surface area contributed by atoms with Gasteiger partial charge in [0.2, 0.25) is 0 Å². The van der Waals surface area contributed by atoms with Gasteiger partial charge in [0, 0.05) is 19.8 Å². The number of aromatic nitrogens is 1. The highest BCUT2D eigenvalue weighted by Crippen LogP contribution is 2.37. The van der Waals surface area contributed by atoms with Crippen molar-refractivity contribution in [3.63, 3.8) is 0 Å². The van der Waals surface area contributed by atoms with Gasteiger partial charge in [0.1, 0.15) is 10.6 Å². The molecule has 2 heterocycles. The Morgan fingerprint density at radius 1 is 1.36 bits per heavy atom. The number of benzene rings is 1. The predicted molar refractivity (Wildman–Crippen MR) is 95.7 cm³/mol. The van der Waals surface area contributed by atoms with Crippen molar-refractivity contribution < 1.29 is 17.9 Å². The average molecular weight is 383 g/mol. The van der Waals surface area contributed by atoms with E-state index in [0.717, 1.165) is 12.0 Å². The van der Waals surface area contributed by atoms with E-state index in [-0.39, 0.29) is 17.2 Å². The van der Waals surface area contributed by atoms with Gasteiger partial charge in [-0.1, -0.05) is 23.7 Å². The molecule has 6 nitrogen and oxygen atoms in total. The Balaban J connectivity index is 2.05. The summed E-state index contributed by atoms with van der Waals surface area (Å²) in [7, 11) is -2.21. The van der Waals surface area contributed by atoms with Gasteiger partial charge in [0.15, 0.2) is 0 Å². The third kappa shape index (κ3) is 3.14. The molecule has 0 radical (unpaired) electrons. The highest BCUT2D eigenvalue weighted by atomic mass is 35.5. The molecule has 134 valence electrons. The topological polar surface area (TPSA) is 68.6 Å². The van der Waals surface area contributed by atoms with Crippen LogP contribution in [0.1, 0.15) is 29.4 Å². The number of carbonyl (C=O) groups is 1. The Bertz CT molecular complexity index is 921. The molecule has 1 aliphatic rings. The maximum atomic E-state index is 13.2. The van der Waals surface area contributed by atoms with Crippen LogP contribution in [-0.2, 0) is 28.2 Å². The molecule has 1 aromatic carbocycles. The summed E-state index contributed by atoms with van der Waals surface area (Å²) in [6, 6.07) is 6.73. The Labute approximate surface area is 152 Å². The molecule has 0 unspecified atom stereocenters. The summed E-state index contributed by atoms with van der Waals surface area (Å²) in [5.41, 5.74) is 1.62. The molecular weight excluding hydrogens is 364 g/mol. The maximum absolute atomic E-state index is 13.2. The van der Waals surface area contributed by atoms with Crippen LogP contribution in [-0.4, -0.2) is 32.1 Å². The number of nitrogens with zero attached hydrogens (tertiary/aromatic N) is 2. The van der Waals surface area contributed by atoms with Crippen molar-refractivity contribution in [2.75, 3.05) is 17.5 Å². The van der Waals surface area contributed by atoms with Crippen molar-refractivity contribution in [2.24, 2.45) is 7.05 Å². The summed E-state index contributed by atoms with van der Waals surface area (Å²) in [4.78, 5) is 12.0. The first kappa shape index (κ1) is 17.8. The molecule has 0 aliphatic carbocycles. The Morgan fingerprint density at radius 3 is 2.84 bits per heavy atom. The molecule has 0 N–H and O–H groups in total. The molecule has 0 fully saturated rings. The number of aryl methyl sites for hydroxylation is 2. The summed E-state index contributed by atoms with van der Waals surface area (Å²) >= 11 is 6.27. The van der Waals surface area contributed by atoms with E-state index in [9.17, 15) is 13.2 Å². The number of fused-ring (bicyclic) bond motifs is 1. The second-order valence-electron chi connectivity index (χ2n) is 5.82. The van der Waals surface area contributed by atoms with E-state index in [1.165, 1.54) is 21.1 Å². The van der Waals surface area contributed by atoms with Crippen LogP contribution in [0, 0.1) is 0 Å². The van der Waals surface area contributed by atoms with E-state index < -0.39 is 16.0 Å². The fourth-order valence-electron chi connectivity index (χ4n) is 3.02. The highest BCUT2D eigenvalue weighted by Gasteiger charge is 2.32. The molecule has 25 heavy (non-hydrogen) atoms. The Hall–Kier alpha value is -1.99. The van der Waals surface area contributed by atoms with Gasteiger partial charge in [-0.15, -0.1) is 0 Å². The Kier molecular flexibility index (Phi) is 4.79. The number of carbonyl (C=O) groups excluding carboxylic acids is 1. The van der Waals surface area contributed by atoms with Crippen LogP contribution in [0.5, 0.6) is 0 Å². The smallest absolute Gasteiger partial charge is 0.354 e. The number of halogens is 1. The number of esters is 1. The summed E-state index contributed by atoms with van der Waals surface area (Å²) < 4.78 is 34.1. The molecule has 1 aliphatic heterocycles. The third-order valence-electron chi connectivity index (χ3n) is 4.18. The SMILES string of the molecule is CCOC(=O)c1cc(S(=O)(=O)N2CCCc3cccc(Cl)c32)cn1C. The summed E-state index contributed by atoms with van der Waals surface area (Å²) in [6.07, 6.45) is 2.92. The lowest BCUT2D eigenvalue weighted by Crippen LogP contribution is -2.35. The van der Waals surface area contributed by atoms with E-state index in [4.69, 9.17) is 16.3 Å². The van der Waals surface area contributed by atoms with Crippen molar-refractivity contribution in [3.8, 4) is 0 Å². The number of anilines is 1. The number of ether oxygens (including phenoxy) is 1. The van der Waals surface area contributed by atoms with Crippen molar-refractivity contribution >= 4 is 33.3 Å². The first-order chi connectivity index (χ1) is 11.9. The molecule has 0 saturated heterocycles. The molecule has 0 amide bonds. The van der Waals surface area contributed by atoms with Gasteiger partial charge in [-0.25, -0.2) is 13.2 Å². The third-order valence-corrected chi connectivity index (χ3v) is 6.25. The predicted octanol–water partition coefficient (Wildman–Crippen LogP) is 3.00. The van der Waals surface area contributed by atoms with Crippen molar-refractivity contribution in [2.45, 2.75) is 24.7 Å². The lowest BCUT2D eigenvalue weighted by atomic mass is 10.0. The lowest BCUT2D eigenvalue weighted by Gasteiger charge is -2.30. The van der Waals surface area contributed by atoms with Crippen LogP contribution < -0.4 is 4.31 Å². The molecular formula is C17H19ClN2O4S. The van der Waals surface area contributed by atoms with Gasteiger partial charge >= 0.3 is 5.97 Å². The molecule has 0 spiro atoms. The van der Waals surface area contributed by atoms with Gasteiger partial charge in [-0.3, -0.25) is 4.31 Å². The number of rotatable bonds is 4. The molecule has 0 atom stereocenters. The molecule has 1 aromatic heterocycles. The Morgan fingerprint density at radius 2 is 2.12 bits per heavy atom. The average Bonchev–Trinajstić information content (AvgIpc) is 2.97. The quantitative estimate of drug-likeness (QED) is 0.762. The summed E-state index contributed by atoms with van der Waals surface area (Å²) in [6.45, 7) is 2.27. The van der Waals surface area contributed by atoms with E-state index in [1.807, 2.05) is 12.1 Å². The van der Waals surface area contributed by atoms with Crippen LogP contribution in [0.2, 0.25) is 5.02 Å². The molecule has 2 aromatic rings. The summed E-state index contributed by atoms with van der Waals surface area (Å²) in [5, 5.41) is 0.405. The van der Waals surface area contributed by atoms with Crippen LogP contribution in [0.25, 0.3) is 0 Å². The van der Waals surface area contributed by atoms with Crippen LogP contribution in [0.15, 0.2) is 35.4 Å². The van der Waals surface area contributed by atoms with Crippen molar-refractivity contribution in [1.82, 2.24) is 4.57 Å². The minimum absolute atomic E-state index is 0.0471. The molecule has 0 bridgehead atoms. The number of para-hydroxylation sites is 1. The molecule has 3 rings (SSSR count). The summed E-state index contributed by atoms with van der Waals surface area (Å²) in [5.74, 6) is -0.552. The van der Waals surface area contributed by atoms with Gasteiger partial charge in [-0.2, -0.15) is 0 Å². The van der Waals surface area contributed by atoms with Crippen molar-refractivity contribution in [3.05, 3.63) is 46.7 Å². The van der Waals surface area contributed by atoms with E-state index in [2.05, 4.69) is 0 Å². The normalized spacial score (nSPS) is 14.3. The van der Waals surface area contributed by atoms with Gasteiger partial charge in [0.25, 0.3) is 10.0 Å². The maximum Gasteiger partial charge on any atom is 0.354 e. The van der Waals surface area contributed by atoms with Gasteiger partial charge < -0.3 is 9.30 Å². The zero-order chi connectivity index (χ0) is 18.2. The van der Waals surface area contributed by atoms with E-state index in [0.29, 0.717) is 23.7 Å². The zero-order valence-corrected chi connectivity index (χ0v) is 15.6. The van der Waals surface area contributed by atoms with Crippen LogP contribution >= 0.6 is 11.6 Å².